The van der Waals surface area contributed by atoms with Crippen molar-refractivity contribution in [3.63, 3.8) is 0 Å². The van der Waals surface area contributed by atoms with Gasteiger partial charge in [0.1, 0.15) is 5.52 Å². The summed E-state index contributed by atoms with van der Waals surface area (Å²) < 4.78 is 7.01. The maximum atomic E-state index is 12.6. The van der Waals surface area contributed by atoms with Crippen LogP contribution in [0.5, 0.6) is 0 Å². The van der Waals surface area contributed by atoms with Gasteiger partial charge >= 0.3 is 6.01 Å². The molecule has 0 spiro atoms. The molecule has 1 N–H and O–H groups in total. The maximum Gasteiger partial charge on any atom is 0.325 e. The van der Waals surface area contributed by atoms with E-state index < -0.39 is 0 Å². The fourth-order valence-corrected chi connectivity index (χ4v) is 3.77. The molecule has 0 aliphatic carbocycles. The minimum Gasteiger partial charge on any atom is -0.422 e. The van der Waals surface area contributed by atoms with E-state index in [2.05, 4.69) is 31.8 Å². The number of hydrogen-bond donors (Lipinski definition) is 1. The van der Waals surface area contributed by atoms with Crippen molar-refractivity contribution in [3.05, 3.63) is 52.6 Å². The molecule has 0 amide bonds. The first kappa shape index (κ1) is 18.6. The van der Waals surface area contributed by atoms with E-state index in [0.717, 1.165) is 49.9 Å². The molecular formula is C21H23N7O2. The predicted molar refractivity (Wildman–Crippen MR) is 114 cm³/mol. The molecule has 1 aliphatic heterocycles. The number of nitrogens with one attached hydrogen (secondary N) is 1. The van der Waals surface area contributed by atoms with Gasteiger partial charge in [-0.05, 0) is 25.6 Å². The second-order valence-electron chi connectivity index (χ2n) is 7.40. The molecule has 4 heterocycles. The molecule has 1 aliphatic rings. The SMILES string of the molecule is CCN1CCN(c2ncc(-c3cc(=O)n(-c4nc5ccccc5o4)[nH]3)c(C)n2)CC1. The molecular weight excluding hydrogens is 382 g/mol. The number of oxazole rings is 1. The summed E-state index contributed by atoms with van der Waals surface area (Å²) in [6, 6.07) is 9.12. The Labute approximate surface area is 173 Å². The molecule has 0 atom stereocenters. The number of hydrogen-bond acceptors (Lipinski definition) is 7. The standard InChI is InChI=1S/C21H23N7O2/c1-3-26-8-10-27(11-9-26)20-22-13-15(14(2)23-20)17-12-19(29)28(25-17)21-24-16-6-4-5-7-18(16)30-21/h4-7,12-13,25H,3,8-11H2,1-2H3. The summed E-state index contributed by atoms with van der Waals surface area (Å²) in [5, 5.41) is 3.08. The highest BCUT2D eigenvalue weighted by Gasteiger charge is 2.20. The highest BCUT2D eigenvalue weighted by molar-refractivity contribution is 5.73. The Hall–Kier alpha value is -3.46. The third-order valence-electron chi connectivity index (χ3n) is 5.55. The van der Waals surface area contributed by atoms with Crippen LogP contribution in [0.15, 0.2) is 45.7 Å². The van der Waals surface area contributed by atoms with Gasteiger partial charge in [0.15, 0.2) is 5.58 Å². The van der Waals surface area contributed by atoms with Gasteiger partial charge in [0.2, 0.25) is 5.95 Å². The Morgan fingerprint density at radius 1 is 1.13 bits per heavy atom. The Morgan fingerprint density at radius 3 is 2.67 bits per heavy atom. The zero-order chi connectivity index (χ0) is 20.7. The number of aromatic nitrogens is 5. The average Bonchev–Trinajstić information content (AvgIpc) is 3.37. The Bertz CT molecular complexity index is 1210. The molecule has 30 heavy (non-hydrogen) atoms. The van der Waals surface area contributed by atoms with Gasteiger partial charge in [-0.1, -0.05) is 19.1 Å². The van der Waals surface area contributed by atoms with Crippen LogP contribution in [-0.4, -0.2) is 62.4 Å². The van der Waals surface area contributed by atoms with Crippen LogP contribution in [0.3, 0.4) is 0 Å². The van der Waals surface area contributed by atoms with Crippen molar-refractivity contribution >= 4 is 17.0 Å². The lowest BCUT2D eigenvalue weighted by atomic mass is 10.2. The smallest absolute Gasteiger partial charge is 0.325 e. The van der Waals surface area contributed by atoms with E-state index in [1.807, 2.05) is 31.2 Å². The largest absolute Gasteiger partial charge is 0.422 e. The second kappa shape index (κ2) is 7.42. The molecule has 4 aromatic rings. The number of aromatic amines is 1. The number of aryl methyl sites for hydroxylation is 1. The lowest BCUT2D eigenvalue weighted by molar-refractivity contribution is 0.270. The van der Waals surface area contributed by atoms with Crippen LogP contribution in [0.2, 0.25) is 0 Å². The van der Waals surface area contributed by atoms with E-state index in [1.165, 1.54) is 10.7 Å². The van der Waals surface area contributed by atoms with Gasteiger partial charge in [0.05, 0.1) is 11.4 Å². The van der Waals surface area contributed by atoms with Gasteiger partial charge < -0.3 is 14.2 Å². The molecule has 1 saturated heterocycles. The Balaban J connectivity index is 1.43. The van der Waals surface area contributed by atoms with Crippen LogP contribution in [0.4, 0.5) is 5.95 Å². The lowest BCUT2D eigenvalue weighted by Crippen LogP contribution is -2.46. The average molecular weight is 405 g/mol. The molecule has 0 bridgehead atoms. The fourth-order valence-electron chi connectivity index (χ4n) is 3.77. The maximum absolute atomic E-state index is 12.6. The van der Waals surface area contributed by atoms with E-state index in [0.29, 0.717) is 16.8 Å². The highest BCUT2D eigenvalue weighted by atomic mass is 16.4. The summed E-state index contributed by atoms with van der Waals surface area (Å²) in [4.78, 5) is 30.8. The summed E-state index contributed by atoms with van der Waals surface area (Å²) >= 11 is 0. The number of piperazine rings is 1. The summed E-state index contributed by atoms with van der Waals surface area (Å²) in [7, 11) is 0. The van der Waals surface area contributed by atoms with Crippen molar-refractivity contribution in [2.75, 3.05) is 37.6 Å². The molecule has 1 fully saturated rings. The molecule has 3 aromatic heterocycles. The van der Waals surface area contributed by atoms with E-state index in [1.54, 1.807) is 6.20 Å². The first-order valence-electron chi connectivity index (χ1n) is 10.1. The minimum absolute atomic E-state index is 0.205. The number of para-hydroxylation sites is 2. The van der Waals surface area contributed by atoms with Gasteiger partial charge in [-0.25, -0.2) is 9.97 Å². The van der Waals surface area contributed by atoms with Crippen LogP contribution < -0.4 is 10.5 Å². The van der Waals surface area contributed by atoms with E-state index in [9.17, 15) is 4.79 Å². The molecule has 154 valence electrons. The minimum atomic E-state index is -0.254. The first-order valence-corrected chi connectivity index (χ1v) is 10.1. The van der Waals surface area contributed by atoms with E-state index >= 15 is 0 Å². The molecule has 1 aromatic carbocycles. The number of likely N-dealkylation sites (N-methyl/N-ethyl adjacent to an activating group) is 1. The third-order valence-corrected chi connectivity index (χ3v) is 5.55. The summed E-state index contributed by atoms with van der Waals surface area (Å²) in [6.07, 6.45) is 1.77. The second-order valence-corrected chi connectivity index (χ2v) is 7.40. The summed E-state index contributed by atoms with van der Waals surface area (Å²) in [5.74, 6) is 0.729. The number of rotatable bonds is 4. The topological polar surface area (TPSA) is 96.1 Å². The van der Waals surface area contributed by atoms with Crippen LogP contribution in [-0.2, 0) is 0 Å². The number of nitrogens with zero attached hydrogens (tertiary/aromatic N) is 6. The normalized spacial score (nSPS) is 15.2. The zero-order valence-electron chi connectivity index (χ0n) is 17.0. The molecule has 5 rings (SSSR count). The molecule has 9 nitrogen and oxygen atoms in total. The fraction of sp³-hybridized carbons (Fsp3) is 0.333. The summed E-state index contributed by atoms with van der Waals surface area (Å²) in [6.45, 7) is 9.03. The number of anilines is 1. The van der Waals surface area contributed by atoms with Gasteiger partial charge in [-0.3, -0.25) is 9.89 Å². The predicted octanol–water partition coefficient (Wildman–Crippen LogP) is 2.21. The molecule has 0 unspecified atom stereocenters. The van der Waals surface area contributed by atoms with E-state index in [-0.39, 0.29) is 11.6 Å². The van der Waals surface area contributed by atoms with Crippen molar-refractivity contribution in [1.82, 2.24) is 29.6 Å². The quantitative estimate of drug-likeness (QED) is 0.556. The van der Waals surface area contributed by atoms with Crippen molar-refractivity contribution in [1.29, 1.82) is 0 Å². The van der Waals surface area contributed by atoms with Crippen molar-refractivity contribution in [2.24, 2.45) is 0 Å². The number of fused-ring (bicyclic) bond motifs is 1. The molecule has 9 heteroatoms. The molecule has 0 saturated carbocycles. The Kier molecular flexibility index (Phi) is 4.59. The lowest BCUT2D eigenvalue weighted by Gasteiger charge is -2.34. The highest BCUT2D eigenvalue weighted by Crippen LogP contribution is 2.22. The van der Waals surface area contributed by atoms with Crippen LogP contribution in [0.25, 0.3) is 28.4 Å². The van der Waals surface area contributed by atoms with Crippen molar-refractivity contribution in [3.8, 4) is 17.3 Å². The van der Waals surface area contributed by atoms with Gasteiger partial charge in [0, 0.05) is 44.0 Å². The van der Waals surface area contributed by atoms with Crippen molar-refractivity contribution < 1.29 is 4.42 Å². The summed E-state index contributed by atoms with van der Waals surface area (Å²) in [5.41, 5.74) is 3.28. The van der Waals surface area contributed by atoms with Crippen LogP contribution >= 0.6 is 0 Å². The number of benzene rings is 1. The van der Waals surface area contributed by atoms with Gasteiger partial charge in [0.25, 0.3) is 5.56 Å². The van der Waals surface area contributed by atoms with Crippen LogP contribution in [0, 0.1) is 6.92 Å². The van der Waals surface area contributed by atoms with E-state index in [4.69, 9.17) is 9.40 Å². The number of H-pyrrole nitrogens is 1. The zero-order valence-corrected chi connectivity index (χ0v) is 17.0. The monoisotopic (exact) mass is 405 g/mol. The molecule has 0 radical (unpaired) electrons. The Morgan fingerprint density at radius 2 is 1.93 bits per heavy atom. The van der Waals surface area contributed by atoms with Crippen molar-refractivity contribution in [2.45, 2.75) is 13.8 Å². The van der Waals surface area contributed by atoms with Gasteiger partial charge in [-0.2, -0.15) is 9.67 Å². The third kappa shape index (κ3) is 3.26. The van der Waals surface area contributed by atoms with Gasteiger partial charge in [-0.15, -0.1) is 0 Å². The first-order chi connectivity index (χ1) is 14.6. The van der Waals surface area contributed by atoms with Crippen LogP contribution in [0.1, 0.15) is 12.6 Å².